The quantitative estimate of drug-likeness (QED) is 0.678. The maximum absolute atomic E-state index is 4.50. The van der Waals surface area contributed by atoms with Crippen LogP contribution in [-0.4, -0.2) is 24.5 Å². The average molecular weight is 271 g/mol. The first-order valence-corrected chi connectivity index (χ1v) is 8.10. The molecule has 0 heterocycles. The van der Waals surface area contributed by atoms with Crippen LogP contribution in [-0.2, 0) is 5.41 Å². The molecule has 0 aliphatic heterocycles. The van der Waals surface area contributed by atoms with E-state index in [2.05, 4.69) is 56.5 Å². The van der Waals surface area contributed by atoms with E-state index in [1.54, 1.807) is 0 Å². The summed E-state index contributed by atoms with van der Waals surface area (Å²) in [7, 11) is 0. The van der Waals surface area contributed by atoms with Crippen LogP contribution < -0.4 is 0 Å². The van der Waals surface area contributed by atoms with Gasteiger partial charge in [-0.05, 0) is 38.4 Å². The zero-order valence-electron chi connectivity index (χ0n) is 13.4. The van der Waals surface area contributed by atoms with Crippen molar-refractivity contribution >= 4 is 0 Å². The van der Waals surface area contributed by atoms with Crippen LogP contribution in [0.5, 0.6) is 0 Å². The molecule has 0 aromatic heterocycles. The zero-order valence-corrected chi connectivity index (χ0v) is 13.4. The van der Waals surface area contributed by atoms with E-state index in [1.165, 1.54) is 42.4 Å². The molecular formula is C19H29N. The van der Waals surface area contributed by atoms with Gasteiger partial charge in [-0.15, -0.1) is 0 Å². The molecule has 0 atom stereocenters. The molecule has 0 saturated heterocycles. The number of aryl methyl sites for hydroxylation is 1. The molecule has 0 unspecified atom stereocenters. The molecule has 0 spiro atoms. The summed E-state index contributed by atoms with van der Waals surface area (Å²) in [6.45, 7) is 14.4. The third-order valence-corrected chi connectivity index (χ3v) is 5.05. The second kappa shape index (κ2) is 6.58. The fourth-order valence-corrected chi connectivity index (χ4v) is 3.57. The van der Waals surface area contributed by atoms with Gasteiger partial charge >= 0.3 is 0 Å². The zero-order chi connectivity index (χ0) is 14.6. The molecule has 20 heavy (non-hydrogen) atoms. The number of benzene rings is 1. The predicted octanol–water partition coefficient (Wildman–Crippen LogP) is 4.70. The van der Waals surface area contributed by atoms with Crippen molar-refractivity contribution in [2.75, 3.05) is 19.6 Å². The Morgan fingerprint density at radius 3 is 2.15 bits per heavy atom. The average Bonchev–Trinajstić information content (AvgIpc) is 2.96. The highest BCUT2D eigenvalue weighted by molar-refractivity contribution is 5.38. The van der Waals surface area contributed by atoms with E-state index in [0.717, 1.165) is 19.6 Å². The van der Waals surface area contributed by atoms with E-state index in [4.69, 9.17) is 0 Å². The van der Waals surface area contributed by atoms with Gasteiger partial charge in [0.2, 0.25) is 0 Å². The molecule has 1 nitrogen and oxygen atoms in total. The summed E-state index contributed by atoms with van der Waals surface area (Å²) < 4.78 is 0. The first kappa shape index (κ1) is 15.3. The summed E-state index contributed by atoms with van der Waals surface area (Å²) in [6, 6.07) is 9.16. The Morgan fingerprint density at radius 2 is 1.65 bits per heavy atom. The Morgan fingerprint density at radius 1 is 1.10 bits per heavy atom. The van der Waals surface area contributed by atoms with Crippen LogP contribution in [0.15, 0.2) is 36.4 Å². The molecule has 1 heteroatoms. The monoisotopic (exact) mass is 271 g/mol. The Labute approximate surface area is 124 Å². The summed E-state index contributed by atoms with van der Waals surface area (Å²) >= 11 is 0. The van der Waals surface area contributed by atoms with Crippen molar-refractivity contribution in [3.63, 3.8) is 0 Å². The van der Waals surface area contributed by atoms with Crippen LogP contribution in [0.4, 0.5) is 0 Å². The van der Waals surface area contributed by atoms with Gasteiger partial charge in [-0.1, -0.05) is 68.7 Å². The minimum atomic E-state index is 0.232. The van der Waals surface area contributed by atoms with Crippen molar-refractivity contribution in [1.82, 2.24) is 4.90 Å². The number of hydrogen-bond acceptors (Lipinski definition) is 1. The summed E-state index contributed by atoms with van der Waals surface area (Å²) in [4.78, 5) is 2.48. The lowest BCUT2D eigenvalue weighted by molar-refractivity contribution is 0.310. The summed E-state index contributed by atoms with van der Waals surface area (Å²) in [5, 5.41) is 0. The molecule has 1 fully saturated rings. The van der Waals surface area contributed by atoms with Gasteiger partial charge in [0.05, 0.1) is 0 Å². The first-order chi connectivity index (χ1) is 9.62. The van der Waals surface area contributed by atoms with E-state index in [0.29, 0.717) is 0 Å². The van der Waals surface area contributed by atoms with Crippen LogP contribution in [0.25, 0.3) is 0 Å². The molecule has 2 rings (SSSR count). The molecule has 1 aliphatic carbocycles. The normalized spacial score (nSPS) is 17.6. The molecule has 0 bridgehead atoms. The van der Waals surface area contributed by atoms with Gasteiger partial charge < -0.3 is 0 Å². The molecule has 0 radical (unpaired) electrons. The summed E-state index contributed by atoms with van der Waals surface area (Å²) in [6.07, 6.45) is 5.22. The smallest absolute Gasteiger partial charge is 0.0198 e. The van der Waals surface area contributed by atoms with Crippen LogP contribution in [0.2, 0.25) is 0 Å². The third kappa shape index (κ3) is 2.98. The Bertz CT molecular complexity index is 433. The lowest BCUT2D eigenvalue weighted by Gasteiger charge is -2.35. The van der Waals surface area contributed by atoms with Gasteiger partial charge in [0.15, 0.2) is 0 Å². The molecule has 1 aromatic carbocycles. The molecular weight excluding hydrogens is 242 g/mol. The van der Waals surface area contributed by atoms with E-state index in [9.17, 15) is 0 Å². The molecule has 0 N–H and O–H groups in total. The highest BCUT2D eigenvalue weighted by atomic mass is 15.1. The van der Waals surface area contributed by atoms with Gasteiger partial charge in [0, 0.05) is 12.0 Å². The van der Waals surface area contributed by atoms with E-state index < -0.39 is 0 Å². The number of rotatable bonds is 6. The molecule has 1 aromatic rings. The van der Waals surface area contributed by atoms with Crippen molar-refractivity contribution in [1.29, 1.82) is 0 Å². The van der Waals surface area contributed by atoms with Gasteiger partial charge in [-0.3, -0.25) is 4.90 Å². The minimum absolute atomic E-state index is 0.232. The largest absolute Gasteiger partial charge is 0.300 e. The fraction of sp³-hybridized carbons (Fsp3) is 0.579. The second-order valence-corrected chi connectivity index (χ2v) is 6.22. The van der Waals surface area contributed by atoms with Crippen LogP contribution in [0.3, 0.4) is 0 Å². The maximum atomic E-state index is 4.50. The van der Waals surface area contributed by atoms with E-state index >= 15 is 0 Å². The number of nitrogens with zero attached hydrogens (tertiary/aromatic N) is 1. The molecule has 110 valence electrons. The van der Waals surface area contributed by atoms with E-state index in [-0.39, 0.29) is 5.41 Å². The Balaban J connectivity index is 2.25. The van der Waals surface area contributed by atoms with Crippen LogP contribution in [0, 0.1) is 6.92 Å². The van der Waals surface area contributed by atoms with Crippen molar-refractivity contribution in [2.24, 2.45) is 0 Å². The highest BCUT2D eigenvalue weighted by Gasteiger charge is 2.38. The third-order valence-electron chi connectivity index (χ3n) is 5.05. The van der Waals surface area contributed by atoms with Gasteiger partial charge in [0.25, 0.3) is 0 Å². The lowest BCUT2D eigenvalue weighted by Crippen LogP contribution is -2.34. The standard InChI is InChI=1S/C19H29N/c1-5-20(6-2)15-17(4)19(13-7-8-14-19)18-11-9-16(3)10-12-18/h9-12H,4-8,13-15H2,1-3H3. The molecule has 1 aliphatic rings. The van der Waals surface area contributed by atoms with Crippen molar-refractivity contribution in [3.8, 4) is 0 Å². The summed E-state index contributed by atoms with van der Waals surface area (Å²) in [5.74, 6) is 0. The van der Waals surface area contributed by atoms with Gasteiger partial charge in [0.1, 0.15) is 0 Å². The number of hydrogen-bond donors (Lipinski definition) is 0. The van der Waals surface area contributed by atoms with Crippen molar-refractivity contribution < 1.29 is 0 Å². The van der Waals surface area contributed by atoms with Gasteiger partial charge in [-0.25, -0.2) is 0 Å². The van der Waals surface area contributed by atoms with Crippen molar-refractivity contribution in [3.05, 3.63) is 47.5 Å². The number of likely N-dealkylation sites (N-methyl/N-ethyl adjacent to an activating group) is 1. The second-order valence-electron chi connectivity index (χ2n) is 6.22. The topological polar surface area (TPSA) is 3.24 Å². The maximum Gasteiger partial charge on any atom is 0.0198 e. The SMILES string of the molecule is C=C(CN(CC)CC)C1(c2ccc(C)cc2)CCCC1. The van der Waals surface area contributed by atoms with Gasteiger partial charge in [-0.2, -0.15) is 0 Å². The predicted molar refractivity (Wildman–Crippen MR) is 88.3 cm³/mol. The fourth-order valence-electron chi connectivity index (χ4n) is 3.57. The van der Waals surface area contributed by atoms with E-state index in [1.807, 2.05) is 0 Å². The lowest BCUT2D eigenvalue weighted by atomic mass is 9.73. The summed E-state index contributed by atoms with van der Waals surface area (Å²) in [5.41, 5.74) is 4.48. The van der Waals surface area contributed by atoms with Crippen LogP contribution in [0.1, 0.15) is 50.7 Å². The van der Waals surface area contributed by atoms with Crippen LogP contribution >= 0.6 is 0 Å². The molecule has 0 amide bonds. The first-order valence-electron chi connectivity index (χ1n) is 8.10. The minimum Gasteiger partial charge on any atom is -0.300 e. The Hall–Kier alpha value is -1.08. The van der Waals surface area contributed by atoms with Crippen molar-refractivity contribution in [2.45, 2.75) is 51.9 Å². The molecule has 1 saturated carbocycles. The highest BCUT2D eigenvalue weighted by Crippen LogP contribution is 2.46. The Kier molecular flexibility index (Phi) is 5.04.